The second-order valence-electron chi connectivity index (χ2n) is 4.33. The van der Waals surface area contributed by atoms with Gasteiger partial charge in [0.2, 0.25) is 0 Å². The number of hydrogen-bond donors (Lipinski definition) is 2. The van der Waals surface area contributed by atoms with Crippen molar-refractivity contribution in [2.24, 2.45) is 5.73 Å². The maximum Gasteiger partial charge on any atom is 0.168 e. The van der Waals surface area contributed by atoms with Crippen molar-refractivity contribution in [3.05, 3.63) is 16.7 Å². The monoisotopic (exact) mass is 243 g/mol. The quantitative estimate of drug-likeness (QED) is 0.792. The van der Waals surface area contributed by atoms with Gasteiger partial charge in [-0.05, 0) is 13.8 Å². The summed E-state index contributed by atoms with van der Waals surface area (Å²) in [4.78, 5) is 0. The Morgan fingerprint density at radius 2 is 2.00 bits per heavy atom. The number of phenolic OH excluding ortho intramolecular Hbond substituents is 1. The maximum absolute atomic E-state index is 9.70. The van der Waals surface area contributed by atoms with Crippen LogP contribution in [0.15, 0.2) is 6.07 Å². The summed E-state index contributed by atoms with van der Waals surface area (Å²) < 4.78 is 10.9. The zero-order valence-corrected chi connectivity index (χ0v) is 9.97. The van der Waals surface area contributed by atoms with Gasteiger partial charge in [-0.3, -0.25) is 0 Å². The molecule has 0 saturated heterocycles. The van der Waals surface area contributed by atoms with Gasteiger partial charge in [0.15, 0.2) is 11.5 Å². The van der Waals surface area contributed by atoms with Gasteiger partial charge in [0.05, 0.1) is 5.02 Å². The van der Waals surface area contributed by atoms with Gasteiger partial charge < -0.3 is 20.3 Å². The van der Waals surface area contributed by atoms with Gasteiger partial charge in [0.1, 0.15) is 19.0 Å². The van der Waals surface area contributed by atoms with Crippen LogP contribution in [0.2, 0.25) is 5.02 Å². The van der Waals surface area contributed by atoms with E-state index in [2.05, 4.69) is 0 Å². The molecule has 0 atom stereocenters. The van der Waals surface area contributed by atoms with Crippen molar-refractivity contribution in [3.8, 4) is 17.2 Å². The minimum atomic E-state index is -0.708. The fourth-order valence-electron chi connectivity index (χ4n) is 1.73. The van der Waals surface area contributed by atoms with Crippen molar-refractivity contribution in [1.29, 1.82) is 0 Å². The van der Waals surface area contributed by atoms with Crippen LogP contribution in [0.1, 0.15) is 19.4 Å². The Labute approximate surface area is 98.9 Å². The molecule has 1 aliphatic heterocycles. The van der Waals surface area contributed by atoms with E-state index in [0.717, 1.165) is 0 Å². The Kier molecular flexibility index (Phi) is 2.64. The molecule has 0 aromatic heterocycles. The van der Waals surface area contributed by atoms with E-state index < -0.39 is 5.54 Å². The highest BCUT2D eigenvalue weighted by Crippen LogP contribution is 2.46. The molecule has 0 saturated carbocycles. The van der Waals surface area contributed by atoms with E-state index in [-0.39, 0.29) is 10.8 Å². The highest BCUT2D eigenvalue weighted by atomic mass is 35.5. The van der Waals surface area contributed by atoms with Gasteiger partial charge in [0.25, 0.3) is 0 Å². The summed E-state index contributed by atoms with van der Waals surface area (Å²) >= 11 is 6.05. The van der Waals surface area contributed by atoms with E-state index in [0.29, 0.717) is 30.3 Å². The van der Waals surface area contributed by atoms with Crippen LogP contribution in [-0.2, 0) is 5.54 Å². The fourth-order valence-corrected chi connectivity index (χ4v) is 2.11. The predicted molar refractivity (Wildman–Crippen MR) is 61.3 cm³/mol. The van der Waals surface area contributed by atoms with Gasteiger partial charge in [-0.1, -0.05) is 11.6 Å². The van der Waals surface area contributed by atoms with Crippen molar-refractivity contribution in [3.63, 3.8) is 0 Å². The Hall–Kier alpha value is -1.13. The number of benzene rings is 1. The Morgan fingerprint density at radius 3 is 2.62 bits per heavy atom. The van der Waals surface area contributed by atoms with Crippen LogP contribution in [0.4, 0.5) is 0 Å². The molecule has 88 valence electrons. The van der Waals surface area contributed by atoms with Gasteiger partial charge >= 0.3 is 0 Å². The van der Waals surface area contributed by atoms with E-state index in [1.54, 1.807) is 13.8 Å². The number of rotatable bonds is 1. The first-order chi connectivity index (χ1) is 7.41. The number of fused-ring (bicyclic) bond motifs is 1. The normalized spacial score (nSPS) is 15.0. The molecule has 2 rings (SSSR count). The minimum Gasteiger partial charge on any atom is -0.506 e. The van der Waals surface area contributed by atoms with Crippen molar-refractivity contribution in [1.82, 2.24) is 0 Å². The second kappa shape index (κ2) is 3.71. The lowest BCUT2D eigenvalue weighted by atomic mass is 9.93. The van der Waals surface area contributed by atoms with Crippen LogP contribution in [0, 0.1) is 0 Å². The Bertz CT molecular complexity index is 426. The van der Waals surface area contributed by atoms with Gasteiger partial charge in [-0.2, -0.15) is 0 Å². The molecule has 0 spiro atoms. The maximum atomic E-state index is 9.70. The molecule has 1 heterocycles. The average Bonchev–Trinajstić information content (AvgIpc) is 2.17. The lowest BCUT2D eigenvalue weighted by Gasteiger charge is -2.28. The Balaban J connectivity index is 2.69. The summed E-state index contributed by atoms with van der Waals surface area (Å²) in [6, 6.07) is 1.45. The van der Waals surface area contributed by atoms with Crippen LogP contribution in [-0.4, -0.2) is 18.3 Å². The van der Waals surface area contributed by atoms with Crippen LogP contribution < -0.4 is 15.2 Å². The number of aromatic hydroxyl groups is 1. The molecule has 1 aromatic rings. The largest absolute Gasteiger partial charge is 0.506 e. The molecule has 4 nitrogen and oxygen atoms in total. The lowest BCUT2D eigenvalue weighted by Crippen LogP contribution is -2.31. The Morgan fingerprint density at radius 1 is 1.38 bits per heavy atom. The third-order valence-corrected chi connectivity index (χ3v) is 2.78. The molecule has 16 heavy (non-hydrogen) atoms. The van der Waals surface area contributed by atoms with Gasteiger partial charge in [0, 0.05) is 17.2 Å². The zero-order valence-electron chi connectivity index (χ0n) is 9.21. The van der Waals surface area contributed by atoms with Crippen LogP contribution in [0.25, 0.3) is 0 Å². The van der Waals surface area contributed by atoms with Crippen molar-refractivity contribution >= 4 is 11.6 Å². The van der Waals surface area contributed by atoms with Crippen molar-refractivity contribution in [2.45, 2.75) is 19.4 Å². The molecule has 0 radical (unpaired) electrons. The summed E-state index contributed by atoms with van der Waals surface area (Å²) in [5, 5.41) is 9.92. The van der Waals surface area contributed by atoms with E-state index in [1.165, 1.54) is 6.07 Å². The fraction of sp³-hybridized carbons (Fsp3) is 0.455. The molecule has 0 fully saturated rings. The molecular formula is C11H14ClNO3. The highest BCUT2D eigenvalue weighted by molar-refractivity contribution is 6.33. The second-order valence-corrected chi connectivity index (χ2v) is 4.71. The molecule has 0 aliphatic carbocycles. The van der Waals surface area contributed by atoms with Crippen molar-refractivity contribution in [2.75, 3.05) is 13.2 Å². The molecule has 0 unspecified atom stereocenters. The molecule has 0 amide bonds. The molecule has 5 heteroatoms. The number of ether oxygens (including phenoxy) is 2. The standard InChI is InChI=1S/C11H14ClNO3/c1-11(2,13)8-9(12)6(14)5-7-10(8)16-4-3-15-7/h5,14H,3-4,13H2,1-2H3. The molecule has 1 aliphatic rings. The number of nitrogens with two attached hydrogens (primary N) is 1. The molecule has 1 aromatic carbocycles. The van der Waals surface area contributed by atoms with Gasteiger partial charge in [-0.15, -0.1) is 0 Å². The molecular weight excluding hydrogens is 230 g/mol. The summed E-state index contributed by atoms with van der Waals surface area (Å²) in [7, 11) is 0. The van der Waals surface area contributed by atoms with Gasteiger partial charge in [-0.25, -0.2) is 0 Å². The third kappa shape index (κ3) is 1.79. The van der Waals surface area contributed by atoms with E-state index >= 15 is 0 Å². The summed E-state index contributed by atoms with van der Waals surface area (Å²) in [6.07, 6.45) is 0. The number of hydrogen-bond acceptors (Lipinski definition) is 4. The van der Waals surface area contributed by atoms with Crippen LogP contribution in [0.5, 0.6) is 17.2 Å². The zero-order chi connectivity index (χ0) is 11.9. The smallest absolute Gasteiger partial charge is 0.168 e. The van der Waals surface area contributed by atoms with E-state index in [1.807, 2.05) is 0 Å². The first-order valence-corrected chi connectivity index (χ1v) is 5.39. The first-order valence-electron chi connectivity index (χ1n) is 5.01. The number of halogens is 1. The van der Waals surface area contributed by atoms with E-state index in [9.17, 15) is 5.11 Å². The predicted octanol–water partition coefficient (Wildman–Crippen LogP) is 2.01. The molecule has 0 bridgehead atoms. The summed E-state index contributed by atoms with van der Waals surface area (Å²) in [5.74, 6) is 0.975. The average molecular weight is 244 g/mol. The number of phenols is 1. The third-order valence-electron chi connectivity index (χ3n) is 2.39. The van der Waals surface area contributed by atoms with Crippen LogP contribution >= 0.6 is 11.6 Å². The summed E-state index contributed by atoms with van der Waals surface area (Å²) in [5.41, 5.74) is 5.88. The van der Waals surface area contributed by atoms with Crippen LogP contribution in [0.3, 0.4) is 0 Å². The molecule has 3 N–H and O–H groups in total. The highest BCUT2D eigenvalue weighted by Gasteiger charge is 2.30. The van der Waals surface area contributed by atoms with E-state index in [4.69, 9.17) is 26.8 Å². The van der Waals surface area contributed by atoms with Crippen molar-refractivity contribution < 1.29 is 14.6 Å². The SMILES string of the molecule is CC(C)(N)c1c(Cl)c(O)cc2c1OCCO2. The lowest BCUT2D eigenvalue weighted by molar-refractivity contribution is 0.167. The topological polar surface area (TPSA) is 64.7 Å². The first kappa shape index (κ1) is 11.4. The minimum absolute atomic E-state index is 0.0422. The summed E-state index contributed by atoms with van der Waals surface area (Å²) in [6.45, 7) is 4.51.